The smallest absolute Gasteiger partial charge is 0.407 e. The van der Waals surface area contributed by atoms with Gasteiger partial charge >= 0.3 is 12.1 Å². The minimum absolute atomic E-state index is 0.0462. The first kappa shape index (κ1) is 24.4. The van der Waals surface area contributed by atoms with Crippen LogP contribution in [0.4, 0.5) is 15.3 Å². The molecule has 1 aromatic rings. The lowest BCUT2D eigenvalue weighted by molar-refractivity contribution is -0.0988. The van der Waals surface area contributed by atoms with E-state index in [-0.39, 0.29) is 13.2 Å². The van der Waals surface area contributed by atoms with Crippen LogP contribution in [0.15, 0.2) is 36.4 Å². The van der Waals surface area contributed by atoms with Gasteiger partial charge in [-0.15, -0.1) is 0 Å². The second kappa shape index (κ2) is 14.1. The van der Waals surface area contributed by atoms with Crippen LogP contribution in [0.1, 0.15) is 11.1 Å². The molecule has 0 unspecified atom stereocenters. The number of amides is 3. The van der Waals surface area contributed by atoms with E-state index in [9.17, 15) is 9.59 Å². The third-order valence-corrected chi connectivity index (χ3v) is 4.07. The number of hydroxylamine groups is 2. The molecule has 10 nitrogen and oxygen atoms in total. The molecule has 0 aliphatic carbocycles. The van der Waals surface area contributed by atoms with E-state index in [0.717, 1.165) is 5.56 Å². The number of anilines is 1. The van der Waals surface area contributed by atoms with Gasteiger partial charge in [-0.25, -0.2) is 9.59 Å². The first-order chi connectivity index (χ1) is 15.1. The van der Waals surface area contributed by atoms with Crippen LogP contribution in [0.2, 0.25) is 0 Å². The maximum Gasteiger partial charge on any atom is 0.407 e. The van der Waals surface area contributed by atoms with E-state index in [4.69, 9.17) is 24.2 Å². The van der Waals surface area contributed by atoms with Gasteiger partial charge in [-0.3, -0.25) is 4.84 Å². The van der Waals surface area contributed by atoms with E-state index >= 15 is 0 Å². The number of benzene rings is 1. The number of alkyl carbamates (subject to hydrolysis) is 1. The molecule has 0 aromatic heterocycles. The Morgan fingerprint density at radius 3 is 2.87 bits per heavy atom. The van der Waals surface area contributed by atoms with Crippen LogP contribution in [0.25, 0.3) is 6.08 Å². The largest absolute Gasteiger partial charge is 0.445 e. The van der Waals surface area contributed by atoms with Gasteiger partial charge in [-0.1, -0.05) is 30.4 Å². The number of aliphatic hydroxyl groups excluding tert-OH is 1. The van der Waals surface area contributed by atoms with Crippen LogP contribution < -0.4 is 10.6 Å². The summed E-state index contributed by atoms with van der Waals surface area (Å²) in [4.78, 5) is 29.4. The molecule has 1 heterocycles. The number of urea groups is 1. The van der Waals surface area contributed by atoms with Crippen LogP contribution in [-0.4, -0.2) is 75.5 Å². The molecule has 31 heavy (non-hydrogen) atoms. The fourth-order valence-corrected chi connectivity index (χ4v) is 2.55. The number of aliphatic hydroxyl groups is 1. The van der Waals surface area contributed by atoms with Crippen molar-refractivity contribution in [1.29, 1.82) is 0 Å². The van der Waals surface area contributed by atoms with Crippen LogP contribution in [0, 0.1) is 0 Å². The Morgan fingerprint density at radius 2 is 2.13 bits per heavy atom. The van der Waals surface area contributed by atoms with Crippen molar-refractivity contribution >= 4 is 23.9 Å². The molecule has 10 heteroatoms. The highest BCUT2D eigenvalue weighted by Crippen LogP contribution is 2.21. The molecule has 0 fully saturated rings. The number of carbonyl (C=O) groups excluding carboxylic acids is 2. The van der Waals surface area contributed by atoms with Crippen molar-refractivity contribution in [3.8, 4) is 0 Å². The van der Waals surface area contributed by atoms with E-state index < -0.39 is 12.1 Å². The highest BCUT2D eigenvalue weighted by Gasteiger charge is 2.16. The van der Waals surface area contributed by atoms with Crippen molar-refractivity contribution in [3.05, 3.63) is 47.6 Å². The minimum Gasteiger partial charge on any atom is -0.445 e. The Morgan fingerprint density at radius 1 is 1.26 bits per heavy atom. The zero-order valence-corrected chi connectivity index (χ0v) is 17.5. The van der Waals surface area contributed by atoms with E-state index in [1.807, 2.05) is 12.2 Å². The Bertz CT molecular complexity index is 767. The van der Waals surface area contributed by atoms with Gasteiger partial charge in [0.1, 0.15) is 6.61 Å². The predicted molar refractivity (Wildman–Crippen MR) is 114 cm³/mol. The number of carbonyl (C=O) groups is 2. The fourth-order valence-electron chi connectivity index (χ4n) is 2.55. The second-order valence-electron chi connectivity index (χ2n) is 6.37. The van der Waals surface area contributed by atoms with Gasteiger partial charge in [0.15, 0.2) is 0 Å². The van der Waals surface area contributed by atoms with Crippen LogP contribution in [0.3, 0.4) is 0 Å². The molecule has 0 saturated carbocycles. The number of rotatable bonds is 11. The highest BCUT2D eigenvalue weighted by molar-refractivity contribution is 5.91. The Labute approximate surface area is 181 Å². The molecule has 1 aliphatic rings. The number of nitrogens with zero attached hydrogens (tertiary/aromatic N) is 1. The fraction of sp³-hybridized carbons (Fsp3) is 0.429. The third-order valence-electron chi connectivity index (χ3n) is 4.07. The van der Waals surface area contributed by atoms with Crippen LogP contribution in [-0.2, 0) is 25.7 Å². The van der Waals surface area contributed by atoms with E-state index in [2.05, 4.69) is 10.6 Å². The molecule has 3 amide bonds. The van der Waals surface area contributed by atoms with E-state index in [1.165, 1.54) is 5.06 Å². The van der Waals surface area contributed by atoms with Gasteiger partial charge in [-0.05, 0) is 23.3 Å². The average molecular weight is 435 g/mol. The summed E-state index contributed by atoms with van der Waals surface area (Å²) in [5.41, 5.74) is 1.91. The summed E-state index contributed by atoms with van der Waals surface area (Å²) in [6.45, 7) is 2.23. The topological polar surface area (TPSA) is 119 Å². The summed E-state index contributed by atoms with van der Waals surface area (Å²) in [7, 11) is 1.59. The van der Waals surface area contributed by atoms with E-state index in [0.29, 0.717) is 50.8 Å². The maximum absolute atomic E-state index is 12.4. The molecule has 0 spiro atoms. The van der Waals surface area contributed by atoms with Gasteiger partial charge in [-0.2, -0.15) is 5.06 Å². The van der Waals surface area contributed by atoms with Gasteiger partial charge in [0.2, 0.25) is 0 Å². The summed E-state index contributed by atoms with van der Waals surface area (Å²) < 4.78 is 15.3. The van der Waals surface area contributed by atoms with Crippen molar-refractivity contribution in [2.24, 2.45) is 0 Å². The van der Waals surface area contributed by atoms with Crippen LogP contribution >= 0.6 is 0 Å². The molecule has 0 atom stereocenters. The minimum atomic E-state index is -0.560. The van der Waals surface area contributed by atoms with Crippen molar-refractivity contribution < 1.29 is 33.7 Å². The normalized spacial score (nSPS) is 13.4. The van der Waals surface area contributed by atoms with Crippen molar-refractivity contribution in [1.82, 2.24) is 10.4 Å². The van der Waals surface area contributed by atoms with Gasteiger partial charge in [0, 0.05) is 19.3 Å². The lowest BCUT2D eigenvalue weighted by Gasteiger charge is -2.23. The summed E-state index contributed by atoms with van der Waals surface area (Å²) in [5.74, 6) is 0. The number of hydrogen-bond donors (Lipinski definition) is 3. The second-order valence-corrected chi connectivity index (χ2v) is 6.37. The molecule has 0 radical (unpaired) electrons. The van der Waals surface area contributed by atoms with Crippen molar-refractivity contribution in [3.63, 3.8) is 0 Å². The SMILES string of the molecule is COCCOCCNC(=O)OCc1ccc(NC(=O)N2CC=CCO2)c(/C=C/CO)c1. The third kappa shape index (κ3) is 9.18. The first-order valence-electron chi connectivity index (χ1n) is 9.88. The van der Waals surface area contributed by atoms with Gasteiger partial charge < -0.3 is 30.0 Å². The lowest BCUT2D eigenvalue weighted by Crippen LogP contribution is -2.37. The van der Waals surface area contributed by atoms with Gasteiger partial charge in [0.25, 0.3) is 0 Å². The Hall–Kier alpha value is -2.92. The summed E-state index contributed by atoms with van der Waals surface area (Å²) in [6, 6.07) is 4.80. The molecule has 170 valence electrons. The molecule has 0 saturated heterocycles. The zero-order valence-electron chi connectivity index (χ0n) is 17.5. The highest BCUT2D eigenvalue weighted by atomic mass is 16.7. The Kier molecular flexibility index (Phi) is 11.1. The maximum atomic E-state index is 12.4. The quantitative estimate of drug-likeness (QED) is 0.359. The summed E-state index contributed by atoms with van der Waals surface area (Å²) >= 11 is 0. The molecule has 1 aromatic carbocycles. The number of methoxy groups -OCH3 is 1. The van der Waals surface area contributed by atoms with Crippen molar-refractivity contribution in [2.75, 3.05) is 58.6 Å². The van der Waals surface area contributed by atoms with Crippen molar-refractivity contribution in [2.45, 2.75) is 6.61 Å². The molecular weight excluding hydrogens is 406 g/mol. The summed E-state index contributed by atoms with van der Waals surface area (Å²) in [6.07, 6.45) is 6.33. The molecule has 2 rings (SSSR count). The molecular formula is C21H29N3O7. The monoisotopic (exact) mass is 435 g/mol. The van der Waals surface area contributed by atoms with Gasteiger partial charge in [0.05, 0.1) is 39.6 Å². The molecule has 0 bridgehead atoms. The standard InChI is InChI=1S/C21H29N3O7/c1-28-13-14-29-12-8-22-21(27)30-16-17-6-7-19(18(15-17)5-4-10-25)23-20(26)24-9-2-3-11-31-24/h2-7,15,25H,8-14,16H2,1H3,(H,22,27)(H,23,26)/b5-4+. The Balaban J connectivity index is 1.88. The van der Waals surface area contributed by atoms with Crippen LogP contribution in [0.5, 0.6) is 0 Å². The predicted octanol–water partition coefficient (Wildman–Crippen LogP) is 1.92. The summed E-state index contributed by atoms with van der Waals surface area (Å²) in [5, 5.41) is 15.7. The molecule has 3 N–H and O–H groups in total. The zero-order chi connectivity index (χ0) is 22.3. The molecule has 1 aliphatic heterocycles. The lowest BCUT2D eigenvalue weighted by atomic mass is 10.1. The number of nitrogens with one attached hydrogen (secondary N) is 2. The first-order valence-corrected chi connectivity index (χ1v) is 9.88. The number of hydrogen-bond acceptors (Lipinski definition) is 7. The number of ether oxygens (including phenoxy) is 3. The average Bonchev–Trinajstić information content (AvgIpc) is 2.80. The van der Waals surface area contributed by atoms with E-state index in [1.54, 1.807) is 37.5 Å².